The average Bonchev–Trinajstić information content (AvgIpc) is 2.57. The van der Waals surface area contributed by atoms with Gasteiger partial charge in [-0.05, 0) is 54.2 Å². The molecule has 1 fully saturated rings. The first-order chi connectivity index (χ1) is 10.4. The van der Waals surface area contributed by atoms with Crippen molar-refractivity contribution >= 4 is 0 Å². The quantitative estimate of drug-likeness (QED) is 0.678. The summed E-state index contributed by atoms with van der Waals surface area (Å²) in [6, 6.07) is 20.0. The summed E-state index contributed by atoms with van der Waals surface area (Å²) in [6.45, 7) is 2.31. The average molecular weight is 295 g/mol. The van der Waals surface area contributed by atoms with Crippen LogP contribution in [0.3, 0.4) is 0 Å². The fraction of sp³-hybridized carbons (Fsp3) is 0.429. The third-order valence-electron chi connectivity index (χ3n) is 5.03. The largest absolute Gasteiger partial charge is 0.344 e. The highest BCUT2D eigenvalue weighted by Crippen LogP contribution is 2.37. The first-order valence-corrected chi connectivity index (χ1v) is 8.52. The van der Waals surface area contributed by atoms with E-state index in [-0.39, 0.29) is 6.15 Å². The van der Waals surface area contributed by atoms with Gasteiger partial charge in [-0.1, -0.05) is 74.4 Å². The summed E-state index contributed by atoms with van der Waals surface area (Å²) in [5.41, 5.74) is 4.19. The van der Waals surface area contributed by atoms with Gasteiger partial charge in [0.05, 0.1) is 0 Å². The Morgan fingerprint density at radius 3 is 1.95 bits per heavy atom. The van der Waals surface area contributed by atoms with E-state index >= 15 is 0 Å². The fourth-order valence-corrected chi connectivity index (χ4v) is 3.77. The van der Waals surface area contributed by atoms with Gasteiger partial charge in [0.1, 0.15) is 0 Å². The third kappa shape index (κ3) is 3.98. The standard InChI is InChI=1S/C21H26.H3N/c1-2-6-17-9-11-19(12-10-17)21-15-13-20(14-16-21)18-7-4-3-5-8-18;/h3-5,7-8,13-17,19H,2,6,9-12H2,1H3;1H3. The van der Waals surface area contributed by atoms with E-state index in [1.54, 1.807) is 5.56 Å². The second-order valence-electron chi connectivity index (χ2n) is 6.49. The molecule has 3 N–H and O–H groups in total. The highest BCUT2D eigenvalue weighted by molar-refractivity contribution is 5.63. The van der Waals surface area contributed by atoms with Gasteiger partial charge in [-0.2, -0.15) is 0 Å². The van der Waals surface area contributed by atoms with Crippen molar-refractivity contribution in [1.29, 1.82) is 0 Å². The molecule has 0 spiro atoms. The van der Waals surface area contributed by atoms with E-state index in [1.807, 2.05) is 0 Å². The van der Waals surface area contributed by atoms with Crippen LogP contribution in [0.15, 0.2) is 54.6 Å². The highest BCUT2D eigenvalue weighted by Gasteiger charge is 2.21. The van der Waals surface area contributed by atoms with Gasteiger partial charge >= 0.3 is 0 Å². The van der Waals surface area contributed by atoms with Crippen molar-refractivity contribution in [1.82, 2.24) is 6.15 Å². The minimum absolute atomic E-state index is 0. The number of benzene rings is 2. The Labute approximate surface area is 135 Å². The van der Waals surface area contributed by atoms with Gasteiger partial charge in [-0.3, -0.25) is 0 Å². The molecule has 2 aromatic carbocycles. The highest BCUT2D eigenvalue weighted by atomic mass is 14.3. The first kappa shape index (κ1) is 16.8. The number of rotatable bonds is 4. The molecule has 22 heavy (non-hydrogen) atoms. The lowest BCUT2D eigenvalue weighted by Crippen LogP contribution is -2.13. The van der Waals surface area contributed by atoms with E-state index < -0.39 is 0 Å². The fourth-order valence-electron chi connectivity index (χ4n) is 3.77. The molecule has 1 heteroatoms. The van der Waals surface area contributed by atoms with Crippen LogP contribution in [-0.4, -0.2) is 0 Å². The molecule has 0 bridgehead atoms. The summed E-state index contributed by atoms with van der Waals surface area (Å²) in [7, 11) is 0. The topological polar surface area (TPSA) is 35.0 Å². The Morgan fingerprint density at radius 1 is 0.773 bits per heavy atom. The minimum atomic E-state index is 0. The summed E-state index contributed by atoms with van der Waals surface area (Å²) >= 11 is 0. The molecule has 2 aromatic rings. The van der Waals surface area contributed by atoms with Crippen LogP contribution in [-0.2, 0) is 0 Å². The summed E-state index contributed by atoms with van der Waals surface area (Å²) in [5, 5.41) is 0. The number of hydrogen-bond donors (Lipinski definition) is 1. The Balaban J connectivity index is 0.00000176. The van der Waals surface area contributed by atoms with Gasteiger partial charge in [-0.25, -0.2) is 0 Å². The molecule has 0 amide bonds. The second-order valence-corrected chi connectivity index (χ2v) is 6.49. The van der Waals surface area contributed by atoms with Gasteiger partial charge in [0.2, 0.25) is 0 Å². The predicted octanol–water partition coefficient (Wildman–Crippen LogP) is 6.59. The van der Waals surface area contributed by atoms with Crippen LogP contribution in [0.25, 0.3) is 11.1 Å². The summed E-state index contributed by atoms with van der Waals surface area (Å²) in [5.74, 6) is 1.79. The zero-order valence-electron chi connectivity index (χ0n) is 13.8. The number of hydrogen-bond acceptors (Lipinski definition) is 1. The van der Waals surface area contributed by atoms with Gasteiger partial charge in [0.15, 0.2) is 0 Å². The maximum Gasteiger partial charge on any atom is -0.0162 e. The Bertz CT molecular complexity index is 536. The molecule has 0 unspecified atom stereocenters. The molecule has 118 valence electrons. The maximum absolute atomic E-state index is 2.35. The smallest absolute Gasteiger partial charge is 0.0162 e. The van der Waals surface area contributed by atoms with E-state index in [0.29, 0.717) is 0 Å². The van der Waals surface area contributed by atoms with Crippen molar-refractivity contribution in [2.75, 3.05) is 0 Å². The molecule has 1 aliphatic rings. The molecule has 1 saturated carbocycles. The lowest BCUT2D eigenvalue weighted by Gasteiger charge is -2.28. The van der Waals surface area contributed by atoms with Crippen LogP contribution in [0.1, 0.15) is 56.9 Å². The minimum Gasteiger partial charge on any atom is -0.344 e. The van der Waals surface area contributed by atoms with Crippen molar-refractivity contribution in [3.05, 3.63) is 60.2 Å². The van der Waals surface area contributed by atoms with E-state index in [2.05, 4.69) is 61.5 Å². The SMILES string of the molecule is CCCC1CCC(c2ccc(-c3ccccc3)cc2)CC1.N. The molecule has 0 heterocycles. The summed E-state index contributed by atoms with van der Waals surface area (Å²) < 4.78 is 0. The molecule has 1 aliphatic carbocycles. The normalized spacial score (nSPS) is 21.1. The summed E-state index contributed by atoms with van der Waals surface area (Å²) in [4.78, 5) is 0. The molecule has 1 nitrogen and oxygen atoms in total. The van der Waals surface area contributed by atoms with Gasteiger partial charge in [-0.15, -0.1) is 0 Å². The van der Waals surface area contributed by atoms with Gasteiger partial charge in [0, 0.05) is 0 Å². The Morgan fingerprint density at radius 2 is 1.36 bits per heavy atom. The van der Waals surface area contributed by atoms with Crippen LogP contribution >= 0.6 is 0 Å². The van der Waals surface area contributed by atoms with E-state index in [4.69, 9.17) is 0 Å². The van der Waals surface area contributed by atoms with Crippen molar-refractivity contribution in [3.8, 4) is 11.1 Å². The van der Waals surface area contributed by atoms with Crippen molar-refractivity contribution in [2.24, 2.45) is 5.92 Å². The molecule has 0 aliphatic heterocycles. The monoisotopic (exact) mass is 295 g/mol. The molecule has 0 saturated heterocycles. The maximum atomic E-state index is 2.35. The van der Waals surface area contributed by atoms with Crippen molar-refractivity contribution < 1.29 is 0 Å². The van der Waals surface area contributed by atoms with Crippen LogP contribution in [0.5, 0.6) is 0 Å². The molecule has 3 rings (SSSR count). The molecule has 0 atom stereocenters. The summed E-state index contributed by atoms with van der Waals surface area (Å²) in [6.07, 6.45) is 8.41. The van der Waals surface area contributed by atoms with Gasteiger partial charge < -0.3 is 6.15 Å². The van der Waals surface area contributed by atoms with Crippen molar-refractivity contribution in [2.45, 2.75) is 51.4 Å². The van der Waals surface area contributed by atoms with Gasteiger partial charge in [0.25, 0.3) is 0 Å². The van der Waals surface area contributed by atoms with Crippen LogP contribution < -0.4 is 6.15 Å². The van der Waals surface area contributed by atoms with E-state index in [1.165, 1.54) is 49.7 Å². The Kier molecular flexibility index (Phi) is 6.21. The molecular formula is C21H29N. The lowest BCUT2D eigenvalue weighted by atomic mass is 9.77. The molecule has 0 radical (unpaired) electrons. The van der Waals surface area contributed by atoms with Crippen LogP contribution in [0.2, 0.25) is 0 Å². The molecular weight excluding hydrogens is 266 g/mol. The van der Waals surface area contributed by atoms with Crippen molar-refractivity contribution in [3.63, 3.8) is 0 Å². The zero-order valence-corrected chi connectivity index (χ0v) is 13.8. The van der Waals surface area contributed by atoms with Crippen LogP contribution in [0, 0.1) is 5.92 Å². The zero-order chi connectivity index (χ0) is 14.5. The van der Waals surface area contributed by atoms with Crippen LogP contribution in [0.4, 0.5) is 0 Å². The van der Waals surface area contributed by atoms with E-state index in [9.17, 15) is 0 Å². The third-order valence-corrected chi connectivity index (χ3v) is 5.03. The predicted molar refractivity (Wildman–Crippen MR) is 96.5 cm³/mol. The Hall–Kier alpha value is -1.60. The molecule has 0 aromatic heterocycles. The van der Waals surface area contributed by atoms with E-state index in [0.717, 1.165) is 11.8 Å². The lowest BCUT2D eigenvalue weighted by molar-refractivity contribution is 0.308. The first-order valence-electron chi connectivity index (χ1n) is 8.52. The second kappa shape index (κ2) is 8.14.